The third-order valence-electron chi connectivity index (χ3n) is 9.09. The van der Waals surface area contributed by atoms with Crippen LogP contribution in [0.3, 0.4) is 0 Å². The lowest BCUT2D eigenvalue weighted by molar-refractivity contribution is -0.270. The molecule has 1 unspecified atom stereocenters. The number of imidazole rings is 1. The minimum atomic E-state index is -1.15. The molecule has 0 radical (unpaired) electrons. The van der Waals surface area contributed by atoms with Crippen LogP contribution in [0.5, 0.6) is 0 Å². The Morgan fingerprint density at radius 2 is 1.74 bits per heavy atom. The minimum absolute atomic E-state index is 0.239. The highest BCUT2D eigenvalue weighted by Gasteiger charge is 2.71. The number of fused-ring (bicyclic) bond motifs is 5. The number of H-pyrrole nitrogens is 1. The van der Waals surface area contributed by atoms with Crippen LogP contribution >= 0.6 is 0 Å². The Bertz CT molecular complexity index is 1330. The number of carbonyl (C=O) groups excluding carboxylic acids is 1. The van der Waals surface area contributed by atoms with E-state index in [2.05, 4.69) is 41.3 Å². The number of aromatic nitrogens is 2. The third kappa shape index (κ3) is 4.55. The van der Waals surface area contributed by atoms with Crippen LogP contribution in [0.1, 0.15) is 101 Å². The van der Waals surface area contributed by atoms with Gasteiger partial charge in [0.1, 0.15) is 12.2 Å². The Hall–Kier alpha value is -2.52. The topological polar surface area (TPSA) is 106 Å². The summed E-state index contributed by atoms with van der Waals surface area (Å²) in [4.78, 5) is 20.2. The zero-order valence-corrected chi connectivity index (χ0v) is 24.1. The molecule has 3 saturated heterocycles. The zero-order chi connectivity index (χ0) is 28.0. The molecular formula is C31H41N3O5. The van der Waals surface area contributed by atoms with Gasteiger partial charge in [0.05, 0.1) is 16.8 Å². The first-order valence-electron chi connectivity index (χ1n) is 14.1. The van der Waals surface area contributed by atoms with Crippen molar-refractivity contribution in [1.29, 1.82) is 0 Å². The Kier molecular flexibility index (Phi) is 5.81. The van der Waals surface area contributed by atoms with E-state index in [-0.39, 0.29) is 29.4 Å². The summed E-state index contributed by atoms with van der Waals surface area (Å²) in [5.74, 6) is -0.699. The summed E-state index contributed by atoms with van der Waals surface area (Å²) >= 11 is 0. The molecule has 0 spiro atoms. The van der Waals surface area contributed by atoms with Gasteiger partial charge in [0.25, 0.3) is 5.91 Å². The molecule has 4 aliphatic rings. The smallest absolute Gasteiger partial charge is 0.291 e. The SMILES string of the molecule is Cc1cnc(C(=O)Nc2ccc(C3(O)C[C@@]4(C)O[C@@](C)(C3)[C@@H]3OC(C)(C)O[C@@H]34)cc2C2=CCC(C)(C)CC2)[nH]1. The predicted octanol–water partition coefficient (Wildman–Crippen LogP) is 5.61. The number of rotatable bonds is 4. The number of anilines is 1. The predicted molar refractivity (Wildman–Crippen MR) is 148 cm³/mol. The van der Waals surface area contributed by atoms with Gasteiger partial charge in [-0.3, -0.25) is 4.79 Å². The van der Waals surface area contributed by atoms with Crippen LogP contribution in [0.15, 0.2) is 30.5 Å². The second-order valence-electron chi connectivity index (χ2n) is 13.8. The molecule has 5 atom stereocenters. The van der Waals surface area contributed by atoms with E-state index < -0.39 is 22.6 Å². The highest BCUT2D eigenvalue weighted by molar-refractivity contribution is 6.03. The number of amides is 1. The van der Waals surface area contributed by atoms with Gasteiger partial charge >= 0.3 is 0 Å². The summed E-state index contributed by atoms with van der Waals surface area (Å²) in [7, 11) is 0. The zero-order valence-electron chi connectivity index (χ0n) is 24.1. The van der Waals surface area contributed by atoms with E-state index in [1.807, 2.05) is 46.8 Å². The summed E-state index contributed by atoms with van der Waals surface area (Å²) in [6, 6.07) is 5.90. The van der Waals surface area contributed by atoms with Crippen LogP contribution in [0.2, 0.25) is 0 Å². The van der Waals surface area contributed by atoms with Crippen LogP contribution in [-0.4, -0.2) is 50.2 Å². The van der Waals surface area contributed by atoms with Gasteiger partial charge in [-0.1, -0.05) is 26.0 Å². The molecular weight excluding hydrogens is 494 g/mol. The summed E-state index contributed by atoms with van der Waals surface area (Å²) in [5.41, 5.74) is 2.18. The molecule has 3 fully saturated rings. The Labute approximate surface area is 230 Å². The van der Waals surface area contributed by atoms with Crippen molar-refractivity contribution < 1.29 is 24.1 Å². The minimum Gasteiger partial charge on any atom is -0.385 e. The number of hydrogen-bond acceptors (Lipinski definition) is 6. The molecule has 1 aromatic heterocycles. The molecule has 3 aliphatic heterocycles. The number of aryl methyl sites for hydroxylation is 1. The van der Waals surface area contributed by atoms with E-state index in [1.54, 1.807) is 6.20 Å². The van der Waals surface area contributed by atoms with Crippen LogP contribution in [0.25, 0.3) is 5.57 Å². The van der Waals surface area contributed by atoms with Crippen molar-refractivity contribution in [3.8, 4) is 0 Å². The molecule has 1 aliphatic carbocycles. The molecule has 1 amide bonds. The first kappa shape index (κ1) is 26.7. The van der Waals surface area contributed by atoms with E-state index >= 15 is 0 Å². The molecule has 3 N–H and O–H groups in total. The summed E-state index contributed by atoms with van der Waals surface area (Å²) < 4.78 is 19.2. The number of carbonyl (C=O) groups is 1. The molecule has 2 aromatic rings. The van der Waals surface area contributed by atoms with E-state index in [4.69, 9.17) is 14.2 Å². The molecule has 0 saturated carbocycles. The number of benzene rings is 1. The highest BCUT2D eigenvalue weighted by atomic mass is 16.8. The first-order chi connectivity index (χ1) is 18.1. The van der Waals surface area contributed by atoms with Crippen LogP contribution in [-0.2, 0) is 19.8 Å². The highest BCUT2D eigenvalue weighted by Crippen LogP contribution is 2.60. The van der Waals surface area contributed by atoms with Gasteiger partial charge < -0.3 is 29.6 Å². The second kappa shape index (κ2) is 8.49. The number of allylic oxidation sites excluding steroid dienone is 2. The van der Waals surface area contributed by atoms with Crippen molar-refractivity contribution in [3.05, 3.63) is 53.1 Å². The second-order valence-corrected chi connectivity index (χ2v) is 13.8. The van der Waals surface area contributed by atoms with Crippen molar-refractivity contribution in [2.45, 2.75) is 115 Å². The Morgan fingerprint density at radius 3 is 2.31 bits per heavy atom. The summed E-state index contributed by atoms with van der Waals surface area (Å²) in [5, 5.41) is 15.4. The number of hydrogen-bond donors (Lipinski definition) is 3. The number of ether oxygens (including phenoxy) is 3. The average molecular weight is 536 g/mol. The molecule has 4 heterocycles. The fourth-order valence-electron chi connectivity index (χ4n) is 7.24. The van der Waals surface area contributed by atoms with Gasteiger partial charge in [0.15, 0.2) is 11.6 Å². The molecule has 8 heteroatoms. The summed E-state index contributed by atoms with van der Waals surface area (Å²) in [6.45, 7) is 14.3. The van der Waals surface area contributed by atoms with Crippen molar-refractivity contribution >= 4 is 17.2 Å². The third-order valence-corrected chi connectivity index (χ3v) is 9.09. The van der Waals surface area contributed by atoms with Crippen LogP contribution in [0, 0.1) is 12.3 Å². The maximum Gasteiger partial charge on any atom is 0.291 e. The molecule has 8 nitrogen and oxygen atoms in total. The lowest BCUT2D eigenvalue weighted by Crippen LogP contribution is -2.53. The van der Waals surface area contributed by atoms with Crippen molar-refractivity contribution in [2.75, 3.05) is 5.32 Å². The maximum absolute atomic E-state index is 13.0. The van der Waals surface area contributed by atoms with E-state index in [9.17, 15) is 9.90 Å². The van der Waals surface area contributed by atoms with Gasteiger partial charge in [-0.15, -0.1) is 0 Å². The Balaban J connectivity index is 1.37. The monoisotopic (exact) mass is 535 g/mol. The lowest BCUT2D eigenvalue weighted by Gasteiger charge is -2.48. The number of nitrogens with one attached hydrogen (secondary N) is 2. The van der Waals surface area contributed by atoms with E-state index in [1.165, 1.54) is 5.57 Å². The average Bonchev–Trinajstić information content (AvgIpc) is 3.45. The fraction of sp³-hybridized carbons (Fsp3) is 0.613. The van der Waals surface area contributed by atoms with E-state index in [0.717, 1.165) is 36.1 Å². The number of aliphatic hydroxyl groups is 1. The molecule has 6 rings (SSSR count). The quantitative estimate of drug-likeness (QED) is 0.470. The normalized spacial score (nSPS) is 36.4. The first-order valence-corrected chi connectivity index (χ1v) is 14.1. The van der Waals surface area contributed by atoms with E-state index in [0.29, 0.717) is 18.5 Å². The molecule has 210 valence electrons. The number of aromatic amines is 1. The lowest BCUT2D eigenvalue weighted by atomic mass is 9.74. The van der Waals surface area contributed by atoms with Gasteiger partial charge in [-0.2, -0.15) is 0 Å². The molecule has 39 heavy (non-hydrogen) atoms. The maximum atomic E-state index is 13.0. The van der Waals surface area contributed by atoms with Crippen molar-refractivity contribution in [1.82, 2.24) is 9.97 Å². The van der Waals surface area contributed by atoms with Crippen LogP contribution < -0.4 is 5.32 Å². The largest absolute Gasteiger partial charge is 0.385 e. The van der Waals surface area contributed by atoms with Crippen molar-refractivity contribution in [2.24, 2.45) is 5.41 Å². The Morgan fingerprint density at radius 1 is 1.08 bits per heavy atom. The van der Waals surface area contributed by atoms with Crippen molar-refractivity contribution in [3.63, 3.8) is 0 Å². The number of nitrogens with zero attached hydrogens (tertiary/aromatic N) is 1. The standard InChI is InChI=1S/C31H41N3O5/c1-18-15-32-25(33-18)26(35)34-22-9-8-20(14-21(22)19-10-12-27(2,3)13-11-19)31(36)16-29(6)23-24(30(7,17-31)39-29)38-28(4,5)37-23/h8-10,14-15,23-24,36H,11-13,16-17H2,1-7H3,(H,32,33)(H,34,35)/t23-,24+,29+,30-,31?. The van der Waals surface area contributed by atoms with Gasteiger partial charge in [-0.25, -0.2) is 4.98 Å². The van der Waals surface area contributed by atoms with Gasteiger partial charge in [0, 0.05) is 36.0 Å². The van der Waals surface area contributed by atoms with Gasteiger partial charge in [-0.05, 0) is 82.6 Å². The fourth-order valence-corrected chi connectivity index (χ4v) is 7.24. The van der Waals surface area contributed by atoms with Crippen LogP contribution in [0.4, 0.5) is 5.69 Å². The van der Waals surface area contributed by atoms with Gasteiger partial charge in [0.2, 0.25) is 0 Å². The molecule has 1 aromatic carbocycles. The molecule has 2 bridgehead atoms. The summed E-state index contributed by atoms with van der Waals surface area (Å²) in [6.07, 6.45) is 7.09.